The van der Waals surface area contributed by atoms with Gasteiger partial charge in [-0.1, -0.05) is 60.7 Å². The first kappa shape index (κ1) is 19.6. The van der Waals surface area contributed by atoms with Crippen molar-refractivity contribution in [2.24, 2.45) is 0 Å². The first-order valence-corrected chi connectivity index (χ1v) is 9.91. The average molecular weight is 384 g/mol. The Morgan fingerprint density at radius 3 is 1.76 bits per heavy atom. The molecule has 0 saturated carbocycles. The van der Waals surface area contributed by atoms with Gasteiger partial charge >= 0.3 is 7.12 Å². The van der Waals surface area contributed by atoms with E-state index in [9.17, 15) is 4.79 Å². The maximum atomic E-state index is 11.1. The molecule has 146 valence electrons. The summed E-state index contributed by atoms with van der Waals surface area (Å²) in [5, 5.41) is 0. The molecule has 0 amide bonds. The molecule has 3 aromatic rings. The highest BCUT2D eigenvalue weighted by Gasteiger charge is 2.51. The molecular formula is C25H25BO3. The fourth-order valence-electron chi connectivity index (χ4n) is 3.51. The predicted octanol–water partition coefficient (Wildman–Crippen LogP) is 5.13. The normalized spacial score (nSPS) is 17.3. The number of hydrogen-bond donors (Lipinski definition) is 0. The largest absolute Gasteiger partial charge is 0.494 e. The highest BCUT2D eigenvalue weighted by Crippen LogP contribution is 2.36. The van der Waals surface area contributed by atoms with E-state index in [0.717, 1.165) is 34.0 Å². The highest BCUT2D eigenvalue weighted by atomic mass is 16.7. The first-order chi connectivity index (χ1) is 13.8. The maximum Gasteiger partial charge on any atom is 0.494 e. The van der Waals surface area contributed by atoms with Gasteiger partial charge in [0.05, 0.1) is 11.2 Å². The molecule has 1 saturated heterocycles. The van der Waals surface area contributed by atoms with Crippen molar-refractivity contribution in [1.29, 1.82) is 0 Å². The van der Waals surface area contributed by atoms with Crippen LogP contribution in [0.1, 0.15) is 38.1 Å². The molecule has 3 aromatic carbocycles. The summed E-state index contributed by atoms with van der Waals surface area (Å²) in [6.45, 7) is 8.25. The molecule has 4 heteroatoms. The van der Waals surface area contributed by atoms with E-state index in [1.807, 2.05) is 42.5 Å². The lowest BCUT2D eigenvalue weighted by atomic mass is 9.78. The third-order valence-corrected chi connectivity index (χ3v) is 5.96. The van der Waals surface area contributed by atoms with Crippen LogP contribution in [0, 0.1) is 0 Å². The van der Waals surface area contributed by atoms with Crippen molar-refractivity contribution in [3.8, 4) is 22.3 Å². The number of benzene rings is 3. The van der Waals surface area contributed by atoms with Crippen molar-refractivity contribution < 1.29 is 14.1 Å². The zero-order chi connectivity index (χ0) is 20.6. The van der Waals surface area contributed by atoms with E-state index in [1.54, 1.807) is 0 Å². The third-order valence-electron chi connectivity index (χ3n) is 5.96. The lowest BCUT2D eigenvalue weighted by Crippen LogP contribution is -2.41. The summed E-state index contributed by atoms with van der Waals surface area (Å²) in [6, 6.07) is 24.3. The second-order valence-electron chi connectivity index (χ2n) is 8.54. The third kappa shape index (κ3) is 3.78. The zero-order valence-corrected chi connectivity index (χ0v) is 17.3. The van der Waals surface area contributed by atoms with Crippen molar-refractivity contribution in [2.45, 2.75) is 38.9 Å². The number of carbonyl (C=O) groups excluding carboxylic acids is 1. The monoisotopic (exact) mass is 384 g/mol. The molecule has 1 aliphatic rings. The predicted molar refractivity (Wildman–Crippen MR) is 118 cm³/mol. The van der Waals surface area contributed by atoms with E-state index in [-0.39, 0.29) is 18.3 Å². The van der Waals surface area contributed by atoms with Crippen molar-refractivity contribution in [2.75, 3.05) is 0 Å². The number of hydrogen-bond acceptors (Lipinski definition) is 3. The number of carbonyl (C=O) groups is 1. The Morgan fingerprint density at radius 1 is 0.690 bits per heavy atom. The van der Waals surface area contributed by atoms with Crippen molar-refractivity contribution in [3.63, 3.8) is 0 Å². The van der Waals surface area contributed by atoms with Gasteiger partial charge in [-0.3, -0.25) is 4.79 Å². The molecule has 0 N–H and O–H groups in total. The fourth-order valence-corrected chi connectivity index (χ4v) is 3.51. The van der Waals surface area contributed by atoms with Crippen LogP contribution in [0.15, 0.2) is 72.8 Å². The van der Waals surface area contributed by atoms with E-state index in [4.69, 9.17) is 9.31 Å². The summed E-state index contributed by atoms with van der Waals surface area (Å²) in [4.78, 5) is 11.1. The van der Waals surface area contributed by atoms with Crippen LogP contribution in [0.4, 0.5) is 0 Å². The van der Waals surface area contributed by atoms with Gasteiger partial charge in [-0.25, -0.2) is 0 Å². The molecule has 1 aliphatic heterocycles. The standard InChI is InChI=1S/C25H25BO3/c1-24(2)25(3,4)29-26(28-24)23-13-7-12-22(16-23)21-11-6-10-20(15-21)19-9-5-8-18(14-19)17-27/h5-17H,1-4H3. The Labute approximate surface area is 172 Å². The molecule has 0 aliphatic carbocycles. The molecule has 0 spiro atoms. The molecule has 0 atom stereocenters. The van der Waals surface area contributed by atoms with Crippen LogP contribution in [0.3, 0.4) is 0 Å². The summed E-state index contributed by atoms with van der Waals surface area (Å²) >= 11 is 0. The molecule has 0 radical (unpaired) electrons. The van der Waals surface area contributed by atoms with Gasteiger partial charge in [0.25, 0.3) is 0 Å². The van der Waals surface area contributed by atoms with Crippen LogP contribution in [0.25, 0.3) is 22.3 Å². The van der Waals surface area contributed by atoms with Crippen LogP contribution >= 0.6 is 0 Å². The highest BCUT2D eigenvalue weighted by molar-refractivity contribution is 6.62. The second kappa shape index (κ2) is 7.29. The van der Waals surface area contributed by atoms with Crippen LogP contribution in [-0.2, 0) is 9.31 Å². The lowest BCUT2D eigenvalue weighted by molar-refractivity contribution is 0.00578. The lowest BCUT2D eigenvalue weighted by Gasteiger charge is -2.32. The molecule has 3 nitrogen and oxygen atoms in total. The SMILES string of the molecule is CC1(C)OB(c2cccc(-c3cccc(-c4cccc(C=O)c4)c3)c2)OC1(C)C. The van der Waals surface area contributed by atoms with E-state index >= 15 is 0 Å². The quantitative estimate of drug-likeness (QED) is 0.462. The molecule has 0 unspecified atom stereocenters. The van der Waals surface area contributed by atoms with E-state index in [1.165, 1.54) is 0 Å². The summed E-state index contributed by atoms with van der Waals surface area (Å²) in [6.07, 6.45) is 0.876. The smallest absolute Gasteiger partial charge is 0.399 e. The molecule has 29 heavy (non-hydrogen) atoms. The van der Waals surface area contributed by atoms with E-state index < -0.39 is 0 Å². The summed E-state index contributed by atoms with van der Waals surface area (Å²) in [5.41, 5.74) is 5.27. The van der Waals surface area contributed by atoms with Crippen molar-refractivity contribution in [1.82, 2.24) is 0 Å². The van der Waals surface area contributed by atoms with Gasteiger partial charge in [0, 0.05) is 5.56 Å². The van der Waals surface area contributed by atoms with Crippen LogP contribution in [-0.4, -0.2) is 24.6 Å². The minimum Gasteiger partial charge on any atom is -0.399 e. The zero-order valence-electron chi connectivity index (χ0n) is 17.3. The van der Waals surface area contributed by atoms with E-state index in [0.29, 0.717) is 5.56 Å². The Hall–Kier alpha value is -2.69. The van der Waals surface area contributed by atoms with Gasteiger partial charge in [-0.15, -0.1) is 0 Å². The van der Waals surface area contributed by atoms with Gasteiger partial charge in [0.1, 0.15) is 6.29 Å². The topological polar surface area (TPSA) is 35.5 Å². The Kier molecular flexibility index (Phi) is 4.93. The number of rotatable bonds is 4. The molecule has 1 heterocycles. The van der Waals surface area contributed by atoms with Crippen LogP contribution < -0.4 is 5.46 Å². The Bertz CT molecular complexity index is 1040. The summed E-state index contributed by atoms with van der Waals surface area (Å²) < 4.78 is 12.4. The van der Waals surface area contributed by atoms with Gasteiger partial charge in [0.15, 0.2) is 0 Å². The number of aldehydes is 1. The van der Waals surface area contributed by atoms with Gasteiger partial charge in [-0.2, -0.15) is 0 Å². The molecule has 4 rings (SSSR count). The van der Waals surface area contributed by atoms with Gasteiger partial charge < -0.3 is 9.31 Å². The average Bonchev–Trinajstić information content (AvgIpc) is 2.95. The maximum absolute atomic E-state index is 11.1. The summed E-state index contributed by atoms with van der Waals surface area (Å²) in [7, 11) is -0.382. The molecule has 0 bridgehead atoms. The minimum atomic E-state index is -0.382. The Balaban J connectivity index is 1.67. The van der Waals surface area contributed by atoms with Crippen LogP contribution in [0.2, 0.25) is 0 Å². The molecule has 1 fully saturated rings. The van der Waals surface area contributed by atoms with Crippen molar-refractivity contribution >= 4 is 18.9 Å². The molecule has 0 aromatic heterocycles. The molecular weight excluding hydrogens is 359 g/mol. The van der Waals surface area contributed by atoms with Gasteiger partial charge in [-0.05, 0) is 67.5 Å². The second-order valence-corrected chi connectivity index (χ2v) is 8.54. The van der Waals surface area contributed by atoms with Crippen molar-refractivity contribution in [3.05, 3.63) is 78.4 Å². The summed E-state index contributed by atoms with van der Waals surface area (Å²) in [5.74, 6) is 0. The Morgan fingerprint density at radius 2 is 1.17 bits per heavy atom. The van der Waals surface area contributed by atoms with E-state index in [2.05, 4.69) is 58.0 Å². The van der Waals surface area contributed by atoms with Gasteiger partial charge in [0.2, 0.25) is 0 Å². The minimum absolute atomic E-state index is 0.364. The fraction of sp³-hybridized carbons (Fsp3) is 0.240. The first-order valence-electron chi connectivity index (χ1n) is 9.91. The van der Waals surface area contributed by atoms with Crippen LogP contribution in [0.5, 0.6) is 0 Å².